The van der Waals surface area contributed by atoms with Crippen molar-refractivity contribution in [3.8, 4) is 11.5 Å². The van der Waals surface area contributed by atoms with E-state index >= 15 is 0 Å². The van der Waals surface area contributed by atoms with Crippen LogP contribution in [0.15, 0.2) is 42.9 Å². The Morgan fingerprint density at radius 3 is 2.89 bits per heavy atom. The second-order valence-corrected chi connectivity index (χ2v) is 8.70. The highest BCUT2D eigenvalue weighted by atomic mass is 32.2. The zero-order valence-corrected chi connectivity index (χ0v) is 15.2. The molecule has 3 heterocycles. The Labute approximate surface area is 155 Å². The highest BCUT2D eigenvalue weighted by Crippen LogP contribution is 2.32. The van der Waals surface area contributed by atoms with Gasteiger partial charge in [0.1, 0.15) is 16.9 Å². The summed E-state index contributed by atoms with van der Waals surface area (Å²) in [6.07, 6.45) is 5.23. The molecule has 2 aromatic heterocycles. The SMILES string of the molecule is CS(=O)(=O)C1Cc2cncc(Oc3ccc4c(ccn4C(=O)O)c3)c2CN1. The molecule has 0 amide bonds. The molecule has 9 heteroatoms. The topological polar surface area (TPSA) is 111 Å². The Morgan fingerprint density at radius 2 is 2.15 bits per heavy atom. The van der Waals surface area contributed by atoms with Crippen LogP contribution in [0.4, 0.5) is 4.79 Å². The molecule has 8 nitrogen and oxygen atoms in total. The summed E-state index contributed by atoms with van der Waals surface area (Å²) in [6.45, 7) is 0.364. The van der Waals surface area contributed by atoms with Crippen LogP contribution in [0.5, 0.6) is 11.5 Å². The van der Waals surface area contributed by atoms with Crippen molar-refractivity contribution in [2.45, 2.75) is 18.3 Å². The fraction of sp³-hybridized carbons (Fsp3) is 0.222. The minimum Gasteiger partial charge on any atom is -0.464 e. The maximum atomic E-state index is 11.8. The van der Waals surface area contributed by atoms with Gasteiger partial charge in [0, 0.05) is 42.6 Å². The summed E-state index contributed by atoms with van der Waals surface area (Å²) in [7, 11) is -3.20. The zero-order chi connectivity index (χ0) is 19.2. The van der Waals surface area contributed by atoms with Crippen molar-refractivity contribution in [3.63, 3.8) is 0 Å². The van der Waals surface area contributed by atoms with E-state index in [1.165, 1.54) is 12.5 Å². The average molecular weight is 387 g/mol. The van der Waals surface area contributed by atoms with Crippen molar-refractivity contribution in [3.05, 3.63) is 54.0 Å². The lowest BCUT2D eigenvalue weighted by atomic mass is 10.0. The molecule has 4 rings (SSSR count). The molecule has 3 aromatic rings. The summed E-state index contributed by atoms with van der Waals surface area (Å²) in [5.74, 6) is 1.09. The second kappa shape index (κ2) is 6.36. The Bertz CT molecular complexity index is 1150. The molecule has 0 saturated carbocycles. The van der Waals surface area contributed by atoms with Gasteiger partial charge in [-0.25, -0.2) is 13.2 Å². The normalized spacial score (nSPS) is 16.9. The third kappa shape index (κ3) is 3.26. The quantitative estimate of drug-likeness (QED) is 0.710. The molecule has 140 valence electrons. The van der Waals surface area contributed by atoms with Crippen LogP contribution in [0.2, 0.25) is 0 Å². The molecule has 0 saturated heterocycles. The predicted octanol–water partition coefficient (Wildman–Crippen LogP) is 2.37. The van der Waals surface area contributed by atoms with Crippen LogP contribution in [0.25, 0.3) is 10.9 Å². The predicted molar refractivity (Wildman–Crippen MR) is 98.8 cm³/mol. The van der Waals surface area contributed by atoms with Crippen molar-refractivity contribution < 1.29 is 23.1 Å². The fourth-order valence-electron chi connectivity index (χ4n) is 3.24. The van der Waals surface area contributed by atoms with E-state index in [0.29, 0.717) is 30.0 Å². The van der Waals surface area contributed by atoms with Crippen molar-refractivity contribution >= 4 is 26.8 Å². The molecule has 0 aliphatic carbocycles. The molecule has 1 aromatic carbocycles. The molecule has 2 N–H and O–H groups in total. The zero-order valence-electron chi connectivity index (χ0n) is 14.4. The summed E-state index contributed by atoms with van der Waals surface area (Å²) in [4.78, 5) is 15.4. The number of hydrogen-bond donors (Lipinski definition) is 2. The van der Waals surface area contributed by atoms with E-state index in [2.05, 4.69) is 10.3 Å². The number of carbonyl (C=O) groups is 1. The first kappa shape index (κ1) is 17.5. The number of rotatable bonds is 3. The van der Waals surface area contributed by atoms with Gasteiger partial charge in [-0.15, -0.1) is 0 Å². The Kier molecular flexibility index (Phi) is 4.12. The third-order valence-corrected chi connectivity index (χ3v) is 6.00. The summed E-state index contributed by atoms with van der Waals surface area (Å²) >= 11 is 0. The minimum atomic E-state index is -3.20. The van der Waals surface area contributed by atoms with Gasteiger partial charge in [0.05, 0.1) is 11.7 Å². The van der Waals surface area contributed by atoms with E-state index in [4.69, 9.17) is 9.84 Å². The van der Waals surface area contributed by atoms with Gasteiger partial charge in [-0.3, -0.25) is 14.9 Å². The smallest absolute Gasteiger partial charge is 0.415 e. The van der Waals surface area contributed by atoms with Crippen LogP contribution >= 0.6 is 0 Å². The van der Waals surface area contributed by atoms with Crippen molar-refractivity contribution in [2.75, 3.05) is 6.26 Å². The first-order valence-electron chi connectivity index (χ1n) is 8.23. The Balaban J connectivity index is 1.64. The molecule has 27 heavy (non-hydrogen) atoms. The molecule has 0 fully saturated rings. The maximum Gasteiger partial charge on any atom is 0.415 e. The molecule has 1 unspecified atom stereocenters. The van der Waals surface area contributed by atoms with E-state index in [-0.39, 0.29) is 0 Å². The van der Waals surface area contributed by atoms with Gasteiger partial charge in [0.15, 0.2) is 9.84 Å². The number of hydrogen-bond acceptors (Lipinski definition) is 6. The van der Waals surface area contributed by atoms with Gasteiger partial charge in [-0.2, -0.15) is 0 Å². The van der Waals surface area contributed by atoms with Gasteiger partial charge in [0.2, 0.25) is 0 Å². The van der Waals surface area contributed by atoms with E-state index in [1.807, 2.05) is 0 Å². The number of pyridine rings is 1. The Hall–Kier alpha value is -2.91. The van der Waals surface area contributed by atoms with E-state index in [1.54, 1.807) is 36.7 Å². The number of carboxylic acid groups (broad SMARTS) is 1. The summed E-state index contributed by atoms with van der Waals surface area (Å²) < 4.78 is 30.7. The molecule has 0 radical (unpaired) electrons. The lowest BCUT2D eigenvalue weighted by Crippen LogP contribution is -2.41. The van der Waals surface area contributed by atoms with Crippen LogP contribution in [-0.4, -0.2) is 40.8 Å². The van der Waals surface area contributed by atoms with Crippen molar-refractivity contribution in [2.24, 2.45) is 0 Å². The first-order valence-corrected chi connectivity index (χ1v) is 10.2. The number of aromatic nitrogens is 2. The summed E-state index contributed by atoms with van der Waals surface area (Å²) in [6, 6.07) is 6.83. The van der Waals surface area contributed by atoms with Gasteiger partial charge in [-0.1, -0.05) is 0 Å². The van der Waals surface area contributed by atoms with Gasteiger partial charge >= 0.3 is 6.09 Å². The van der Waals surface area contributed by atoms with Crippen LogP contribution in [-0.2, 0) is 22.8 Å². The molecular weight excluding hydrogens is 370 g/mol. The number of ether oxygens (including phenoxy) is 1. The number of nitrogens with zero attached hydrogens (tertiary/aromatic N) is 2. The molecule has 0 spiro atoms. The highest BCUT2D eigenvalue weighted by Gasteiger charge is 2.28. The summed E-state index contributed by atoms with van der Waals surface area (Å²) in [5.41, 5.74) is 2.27. The van der Waals surface area contributed by atoms with Crippen LogP contribution in [0.3, 0.4) is 0 Å². The molecule has 1 atom stereocenters. The number of benzene rings is 1. The number of nitrogens with one attached hydrogen (secondary N) is 1. The van der Waals surface area contributed by atoms with Gasteiger partial charge < -0.3 is 9.84 Å². The van der Waals surface area contributed by atoms with E-state index < -0.39 is 21.3 Å². The van der Waals surface area contributed by atoms with Crippen LogP contribution < -0.4 is 10.1 Å². The minimum absolute atomic E-state index is 0.332. The molecule has 1 aliphatic heterocycles. The second-order valence-electron chi connectivity index (χ2n) is 6.47. The largest absolute Gasteiger partial charge is 0.464 e. The molecular formula is C18H17N3O5S. The number of sulfone groups is 1. The average Bonchev–Trinajstić information content (AvgIpc) is 3.04. The lowest BCUT2D eigenvalue weighted by Gasteiger charge is -2.26. The van der Waals surface area contributed by atoms with Crippen LogP contribution in [0.1, 0.15) is 11.1 Å². The fourth-order valence-corrected chi connectivity index (χ4v) is 4.11. The first-order chi connectivity index (χ1) is 12.8. The maximum absolute atomic E-state index is 11.8. The van der Waals surface area contributed by atoms with Gasteiger partial charge in [-0.05, 0) is 29.8 Å². The highest BCUT2D eigenvalue weighted by molar-refractivity contribution is 7.91. The molecule has 0 bridgehead atoms. The van der Waals surface area contributed by atoms with Crippen molar-refractivity contribution in [1.82, 2.24) is 14.9 Å². The van der Waals surface area contributed by atoms with E-state index in [9.17, 15) is 13.2 Å². The van der Waals surface area contributed by atoms with E-state index in [0.717, 1.165) is 21.1 Å². The van der Waals surface area contributed by atoms with Gasteiger partial charge in [0.25, 0.3) is 0 Å². The monoisotopic (exact) mass is 387 g/mol. The summed E-state index contributed by atoms with van der Waals surface area (Å²) in [5, 5.41) is 12.3. The third-order valence-electron chi connectivity index (χ3n) is 4.63. The number of fused-ring (bicyclic) bond motifs is 2. The Morgan fingerprint density at radius 1 is 1.33 bits per heavy atom. The van der Waals surface area contributed by atoms with Crippen LogP contribution in [0, 0.1) is 0 Å². The molecule has 1 aliphatic rings. The lowest BCUT2D eigenvalue weighted by molar-refractivity contribution is 0.197. The standard InChI is InChI=1S/C18H17N3O5S/c1-27(24,25)17-7-12-8-19-10-16(14(12)9-20-17)26-13-2-3-15-11(6-13)4-5-21(15)18(22)23/h2-6,8,10,17,20H,7,9H2,1H3,(H,22,23). The van der Waals surface area contributed by atoms with Crippen molar-refractivity contribution in [1.29, 1.82) is 0 Å².